The third kappa shape index (κ3) is 4.39. The van der Waals surface area contributed by atoms with Gasteiger partial charge in [0.25, 0.3) is 0 Å². The van der Waals surface area contributed by atoms with Gasteiger partial charge in [0, 0.05) is 43.0 Å². The Morgan fingerprint density at radius 2 is 1.85 bits per heavy atom. The van der Waals surface area contributed by atoms with E-state index in [2.05, 4.69) is 35.9 Å². The summed E-state index contributed by atoms with van der Waals surface area (Å²) in [6, 6.07) is 18.8. The van der Waals surface area contributed by atoms with Gasteiger partial charge in [-0.2, -0.15) is 5.21 Å². The van der Waals surface area contributed by atoms with Gasteiger partial charge in [0.05, 0.1) is 17.7 Å². The number of H-pyrrole nitrogens is 1. The van der Waals surface area contributed by atoms with Crippen molar-refractivity contribution in [2.75, 3.05) is 0 Å². The number of nitrogens with one attached hydrogen (secondary N) is 2. The van der Waals surface area contributed by atoms with Crippen molar-refractivity contribution in [3.05, 3.63) is 90.1 Å². The molecule has 0 radical (unpaired) electrons. The van der Waals surface area contributed by atoms with Crippen LogP contribution in [0.15, 0.2) is 73.2 Å². The molecule has 3 heterocycles. The molecule has 0 amide bonds. The molecule has 0 atom stereocenters. The molecule has 0 spiro atoms. The topological polar surface area (TPSA) is 97.2 Å². The Bertz CT molecular complexity index is 1360. The molecule has 5 aromatic rings. The Morgan fingerprint density at radius 1 is 0.970 bits per heavy atom. The zero-order valence-corrected chi connectivity index (χ0v) is 17.9. The van der Waals surface area contributed by atoms with Crippen molar-refractivity contribution in [3.63, 3.8) is 0 Å². The van der Waals surface area contributed by atoms with E-state index >= 15 is 0 Å². The Morgan fingerprint density at radius 3 is 2.67 bits per heavy atom. The van der Waals surface area contributed by atoms with Crippen LogP contribution in [0, 0.1) is 5.82 Å². The van der Waals surface area contributed by atoms with Crippen molar-refractivity contribution >= 4 is 0 Å². The van der Waals surface area contributed by atoms with Crippen LogP contribution in [-0.4, -0.2) is 35.2 Å². The summed E-state index contributed by atoms with van der Waals surface area (Å²) >= 11 is 0. The van der Waals surface area contributed by atoms with Crippen LogP contribution in [0.1, 0.15) is 11.1 Å². The molecule has 0 saturated heterocycles. The molecule has 5 rings (SSSR count). The van der Waals surface area contributed by atoms with Gasteiger partial charge >= 0.3 is 0 Å². The summed E-state index contributed by atoms with van der Waals surface area (Å²) in [7, 11) is 1.91. The predicted molar refractivity (Wildman–Crippen MR) is 122 cm³/mol. The smallest absolute Gasteiger partial charge is 0.204 e. The molecule has 0 aliphatic carbocycles. The molecule has 0 aliphatic heterocycles. The van der Waals surface area contributed by atoms with E-state index in [1.165, 1.54) is 6.07 Å². The third-order valence-electron chi connectivity index (χ3n) is 5.35. The standard InChI is InChI=1S/C24H21FN8/c1-33-15-28-22(21-12-18(9-10-27-21)24-29-31-32-30-24)23(33)17-7-8-20(25)19(11-17)14-26-13-16-5-3-2-4-6-16/h2-12,15,26H,13-14H2,1H3,(H,29,30,31,32). The fraction of sp³-hybridized carbons (Fsp3) is 0.125. The van der Waals surface area contributed by atoms with E-state index in [9.17, 15) is 4.39 Å². The fourth-order valence-electron chi connectivity index (χ4n) is 3.74. The number of tetrazole rings is 1. The molecule has 2 aromatic carbocycles. The predicted octanol–water partition coefficient (Wildman–Crippen LogP) is 3.76. The number of hydrogen-bond donors (Lipinski definition) is 2. The summed E-state index contributed by atoms with van der Waals surface area (Å²) in [5.74, 6) is 0.227. The van der Waals surface area contributed by atoms with E-state index in [-0.39, 0.29) is 5.82 Å². The second-order valence-electron chi connectivity index (χ2n) is 7.61. The molecule has 3 aromatic heterocycles. The number of imidazole rings is 1. The van der Waals surface area contributed by atoms with Gasteiger partial charge in [0.1, 0.15) is 11.5 Å². The number of aromatic amines is 1. The molecule has 33 heavy (non-hydrogen) atoms. The van der Waals surface area contributed by atoms with Crippen LogP contribution in [0.25, 0.3) is 34.0 Å². The van der Waals surface area contributed by atoms with Gasteiger partial charge in [-0.25, -0.2) is 9.37 Å². The van der Waals surface area contributed by atoms with Crippen LogP contribution in [0.2, 0.25) is 0 Å². The Kier molecular flexibility index (Phi) is 5.69. The minimum Gasteiger partial charge on any atom is -0.333 e. The van der Waals surface area contributed by atoms with Crippen molar-refractivity contribution < 1.29 is 4.39 Å². The lowest BCUT2D eigenvalue weighted by Gasteiger charge is -2.11. The van der Waals surface area contributed by atoms with Gasteiger partial charge in [-0.3, -0.25) is 4.98 Å². The SMILES string of the molecule is Cn1cnc(-c2cc(-c3nn[nH]n3)ccn2)c1-c1ccc(F)c(CNCc2ccccc2)c1. The molecule has 2 N–H and O–H groups in total. The molecule has 164 valence electrons. The molecule has 0 fully saturated rings. The zero-order chi connectivity index (χ0) is 22.6. The minimum absolute atomic E-state index is 0.250. The summed E-state index contributed by atoms with van der Waals surface area (Å²) in [5, 5.41) is 17.4. The monoisotopic (exact) mass is 440 g/mol. The normalized spacial score (nSPS) is 11.1. The van der Waals surface area contributed by atoms with Crippen LogP contribution < -0.4 is 5.32 Å². The van der Waals surface area contributed by atoms with Crippen LogP contribution in [-0.2, 0) is 20.1 Å². The number of pyridine rings is 1. The molecule has 0 aliphatic rings. The summed E-state index contributed by atoms with van der Waals surface area (Å²) < 4.78 is 16.5. The lowest BCUT2D eigenvalue weighted by Crippen LogP contribution is -2.13. The number of nitrogens with zero attached hydrogens (tertiary/aromatic N) is 6. The Balaban J connectivity index is 1.44. The lowest BCUT2D eigenvalue weighted by molar-refractivity contribution is 0.588. The van der Waals surface area contributed by atoms with Crippen molar-refractivity contribution in [1.29, 1.82) is 0 Å². The lowest BCUT2D eigenvalue weighted by atomic mass is 10.0. The van der Waals surface area contributed by atoms with Crippen LogP contribution in [0.4, 0.5) is 4.39 Å². The van der Waals surface area contributed by atoms with E-state index < -0.39 is 0 Å². The van der Waals surface area contributed by atoms with E-state index in [0.717, 1.165) is 22.4 Å². The zero-order valence-electron chi connectivity index (χ0n) is 17.9. The summed E-state index contributed by atoms with van der Waals surface area (Å²) in [6.07, 6.45) is 3.41. The van der Waals surface area contributed by atoms with Crippen molar-refractivity contribution in [2.24, 2.45) is 7.05 Å². The number of halogens is 1. The Labute approximate surface area is 189 Å². The van der Waals surface area contributed by atoms with Crippen molar-refractivity contribution in [2.45, 2.75) is 13.1 Å². The number of rotatable bonds is 7. The third-order valence-corrected chi connectivity index (χ3v) is 5.35. The van der Waals surface area contributed by atoms with Gasteiger partial charge in [0.2, 0.25) is 5.82 Å². The number of hydrogen-bond acceptors (Lipinski definition) is 6. The number of benzene rings is 2. The van der Waals surface area contributed by atoms with Crippen LogP contribution in [0.5, 0.6) is 0 Å². The summed E-state index contributed by atoms with van der Waals surface area (Å²) in [5.41, 5.74) is 5.57. The molecule has 9 heteroatoms. The van der Waals surface area contributed by atoms with Crippen molar-refractivity contribution in [1.82, 2.24) is 40.5 Å². The largest absolute Gasteiger partial charge is 0.333 e. The molecule has 0 bridgehead atoms. The minimum atomic E-state index is -0.250. The van der Waals surface area contributed by atoms with Gasteiger partial charge in [-0.15, -0.1) is 10.2 Å². The molecule has 0 saturated carbocycles. The molecular weight excluding hydrogens is 419 g/mol. The van der Waals surface area contributed by atoms with Crippen molar-refractivity contribution in [3.8, 4) is 34.0 Å². The average Bonchev–Trinajstić information content (AvgIpc) is 3.52. The van der Waals surface area contributed by atoms with Crippen LogP contribution in [0.3, 0.4) is 0 Å². The second-order valence-corrected chi connectivity index (χ2v) is 7.61. The fourth-order valence-corrected chi connectivity index (χ4v) is 3.74. The van der Waals surface area contributed by atoms with Gasteiger partial charge in [-0.1, -0.05) is 30.3 Å². The average molecular weight is 440 g/mol. The number of aryl methyl sites for hydroxylation is 1. The highest BCUT2D eigenvalue weighted by atomic mass is 19.1. The summed E-state index contributed by atoms with van der Waals surface area (Å²) in [4.78, 5) is 9.06. The van der Waals surface area contributed by atoms with E-state index in [0.29, 0.717) is 35.9 Å². The van der Waals surface area contributed by atoms with E-state index in [1.54, 1.807) is 18.6 Å². The van der Waals surface area contributed by atoms with Gasteiger partial charge in [0.15, 0.2) is 0 Å². The van der Waals surface area contributed by atoms with Gasteiger partial charge in [-0.05, 0) is 41.1 Å². The highest BCUT2D eigenvalue weighted by molar-refractivity contribution is 5.78. The maximum Gasteiger partial charge on any atom is 0.204 e. The first kappa shape index (κ1) is 20.7. The van der Waals surface area contributed by atoms with Gasteiger partial charge < -0.3 is 9.88 Å². The van der Waals surface area contributed by atoms with E-state index in [1.807, 2.05) is 60.1 Å². The first-order chi connectivity index (χ1) is 16.2. The van der Waals surface area contributed by atoms with Crippen LogP contribution >= 0.6 is 0 Å². The second kappa shape index (κ2) is 9.09. The first-order valence-corrected chi connectivity index (χ1v) is 10.4. The molecular formula is C24H21FN8. The quantitative estimate of drug-likeness (QED) is 0.400. The molecule has 8 nitrogen and oxygen atoms in total. The Hall–Kier alpha value is -4.24. The summed E-state index contributed by atoms with van der Waals surface area (Å²) in [6.45, 7) is 1.07. The van der Waals surface area contributed by atoms with E-state index in [4.69, 9.17) is 0 Å². The highest BCUT2D eigenvalue weighted by Crippen LogP contribution is 2.32. The maximum atomic E-state index is 14.6. The molecule has 0 unspecified atom stereocenters. The highest BCUT2D eigenvalue weighted by Gasteiger charge is 2.17. The first-order valence-electron chi connectivity index (χ1n) is 10.4. The number of aromatic nitrogens is 7. The maximum absolute atomic E-state index is 14.6.